The number of aromatic nitrogens is 3. The summed E-state index contributed by atoms with van der Waals surface area (Å²) in [4.78, 5) is 27.3. The highest BCUT2D eigenvalue weighted by molar-refractivity contribution is 5.94. The smallest absolute Gasteiger partial charge is 0.251 e. The van der Waals surface area contributed by atoms with E-state index in [4.69, 9.17) is 9.47 Å². The Morgan fingerprint density at radius 2 is 2.03 bits per heavy atom. The first-order chi connectivity index (χ1) is 17.5. The first-order valence-corrected chi connectivity index (χ1v) is 12.3. The van der Waals surface area contributed by atoms with Gasteiger partial charge in [0.05, 0.1) is 39.0 Å². The average Bonchev–Trinajstić information content (AvgIpc) is 3.50. The van der Waals surface area contributed by atoms with Gasteiger partial charge in [0.1, 0.15) is 17.0 Å². The van der Waals surface area contributed by atoms with Gasteiger partial charge in [-0.05, 0) is 43.5 Å². The number of carbonyl (C=O) groups excluding carboxylic acids is 2. The molecule has 0 bridgehead atoms. The van der Waals surface area contributed by atoms with Gasteiger partial charge in [0, 0.05) is 18.5 Å². The highest BCUT2D eigenvalue weighted by Crippen LogP contribution is 2.33. The SMILES string of the molecule is COc1ccccc1CCC(=O)N1CCC2(C1)Cn1nnc(CNC(=O)c3cccc(C)c3)c1CO2. The highest BCUT2D eigenvalue weighted by atomic mass is 16.5. The third-order valence-corrected chi connectivity index (χ3v) is 7.04. The molecule has 1 aromatic heterocycles. The summed E-state index contributed by atoms with van der Waals surface area (Å²) in [5.74, 6) is 0.778. The fraction of sp³-hybridized carbons (Fsp3) is 0.407. The van der Waals surface area contributed by atoms with E-state index in [1.807, 2.05) is 59.0 Å². The minimum atomic E-state index is -0.455. The number of carbonyl (C=O) groups is 2. The molecule has 188 valence electrons. The second-order valence-electron chi connectivity index (χ2n) is 9.54. The van der Waals surface area contributed by atoms with Gasteiger partial charge in [0.2, 0.25) is 5.91 Å². The second kappa shape index (κ2) is 10.1. The summed E-state index contributed by atoms with van der Waals surface area (Å²) in [6.45, 7) is 4.33. The monoisotopic (exact) mass is 489 g/mol. The van der Waals surface area contributed by atoms with Gasteiger partial charge in [-0.2, -0.15) is 0 Å². The number of hydrogen-bond donors (Lipinski definition) is 1. The highest BCUT2D eigenvalue weighted by Gasteiger charge is 2.44. The molecule has 3 aromatic rings. The van der Waals surface area contributed by atoms with Crippen molar-refractivity contribution in [3.8, 4) is 5.75 Å². The number of nitrogens with zero attached hydrogens (tertiary/aromatic N) is 4. The summed E-state index contributed by atoms with van der Waals surface area (Å²) >= 11 is 0. The topological polar surface area (TPSA) is 98.6 Å². The quantitative estimate of drug-likeness (QED) is 0.548. The summed E-state index contributed by atoms with van der Waals surface area (Å²) in [5, 5.41) is 11.5. The molecule has 36 heavy (non-hydrogen) atoms. The fourth-order valence-electron chi connectivity index (χ4n) is 5.00. The molecule has 2 aliphatic rings. The summed E-state index contributed by atoms with van der Waals surface area (Å²) < 4.78 is 13.6. The minimum absolute atomic E-state index is 0.116. The number of aryl methyl sites for hydroxylation is 2. The van der Waals surface area contributed by atoms with Crippen molar-refractivity contribution in [3.63, 3.8) is 0 Å². The molecule has 1 fully saturated rings. The minimum Gasteiger partial charge on any atom is -0.496 e. The maximum Gasteiger partial charge on any atom is 0.251 e. The lowest BCUT2D eigenvalue weighted by atomic mass is 10.0. The Hall–Kier alpha value is -3.72. The molecule has 2 aromatic carbocycles. The van der Waals surface area contributed by atoms with Crippen molar-refractivity contribution in [2.75, 3.05) is 20.2 Å². The van der Waals surface area contributed by atoms with Gasteiger partial charge < -0.3 is 19.7 Å². The van der Waals surface area contributed by atoms with Gasteiger partial charge >= 0.3 is 0 Å². The Kier molecular flexibility index (Phi) is 6.73. The zero-order valence-corrected chi connectivity index (χ0v) is 20.7. The van der Waals surface area contributed by atoms with Crippen LogP contribution in [-0.2, 0) is 35.6 Å². The number of benzene rings is 2. The standard InChI is InChI=1S/C27H31N5O4/c1-19-6-5-8-21(14-19)26(34)28-15-22-23-16-36-27(18-32(23)30-29-22)12-13-31(17-27)25(33)11-10-20-7-3-4-9-24(20)35-2/h3-9,14H,10-13,15-18H2,1-2H3,(H,28,34). The van der Waals surface area contributed by atoms with Gasteiger partial charge in [0.25, 0.3) is 5.91 Å². The third kappa shape index (κ3) is 4.97. The largest absolute Gasteiger partial charge is 0.496 e. The van der Waals surface area contributed by atoms with Crippen LogP contribution in [0, 0.1) is 6.92 Å². The number of fused-ring (bicyclic) bond motifs is 1. The van der Waals surface area contributed by atoms with Crippen molar-refractivity contribution in [3.05, 3.63) is 76.6 Å². The van der Waals surface area contributed by atoms with E-state index in [-0.39, 0.29) is 18.4 Å². The van der Waals surface area contributed by atoms with Gasteiger partial charge in [-0.3, -0.25) is 9.59 Å². The molecule has 1 atom stereocenters. The first kappa shape index (κ1) is 24.0. The third-order valence-electron chi connectivity index (χ3n) is 7.04. The molecular weight excluding hydrogens is 458 g/mol. The van der Waals surface area contributed by atoms with Crippen LogP contribution < -0.4 is 10.1 Å². The molecule has 9 heteroatoms. The van der Waals surface area contributed by atoms with Crippen LogP contribution in [0.15, 0.2) is 48.5 Å². The first-order valence-electron chi connectivity index (χ1n) is 12.3. The van der Waals surface area contributed by atoms with Crippen LogP contribution in [0.1, 0.15) is 45.7 Å². The zero-order chi connectivity index (χ0) is 25.1. The second-order valence-corrected chi connectivity index (χ2v) is 9.54. The van der Waals surface area contributed by atoms with Crippen molar-refractivity contribution in [1.82, 2.24) is 25.2 Å². The Morgan fingerprint density at radius 3 is 2.86 bits per heavy atom. The lowest BCUT2D eigenvalue weighted by Crippen LogP contribution is -2.45. The molecule has 2 aliphatic heterocycles. The molecule has 0 saturated carbocycles. The molecule has 1 saturated heterocycles. The number of hydrogen-bond acceptors (Lipinski definition) is 6. The lowest BCUT2D eigenvalue weighted by Gasteiger charge is -2.34. The van der Waals surface area contributed by atoms with Crippen molar-refractivity contribution < 1.29 is 19.1 Å². The van der Waals surface area contributed by atoms with Gasteiger partial charge in [0.15, 0.2) is 0 Å². The zero-order valence-electron chi connectivity index (χ0n) is 20.7. The Bertz CT molecular complexity index is 1270. The Labute approximate surface area is 210 Å². The summed E-state index contributed by atoms with van der Waals surface area (Å²) in [5.41, 5.74) is 3.80. The molecule has 9 nitrogen and oxygen atoms in total. The van der Waals surface area contributed by atoms with E-state index in [1.165, 1.54) is 0 Å². The van der Waals surface area contributed by atoms with Crippen molar-refractivity contribution in [2.45, 2.75) is 51.5 Å². The number of methoxy groups -OCH3 is 1. The molecule has 0 aliphatic carbocycles. The van der Waals surface area contributed by atoms with Gasteiger partial charge in [-0.15, -0.1) is 5.10 Å². The van der Waals surface area contributed by atoms with E-state index in [0.717, 1.165) is 29.0 Å². The molecule has 2 amide bonds. The summed E-state index contributed by atoms with van der Waals surface area (Å²) in [6.07, 6.45) is 1.82. The number of ether oxygens (including phenoxy) is 2. The summed E-state index contributed by atoms with van der Waals surface area (Å²) in [6, 6.07) is 15.3. The van der Waals surface area contributed by atoms with Crippen LogP contribution in [-0.4, -0.2) is 57.5 Å². The number of nitrogens with one attached hydrogen (secondary N) is 1. The predicted molar refractivity (Wildman–Crippen MR) is 132 cm³/mol. The van der Waals surface area contributed by atoms with E-state index in [9.17, 15) is 9.59 Å². The van der Waals surface area contributed by atoms with Crippen molar-refractivity contribution in [2.24, 2.45) is 0 Å². The van der Waals surface area contributed by atoms with E-state index in [0.29, 0.717) is 50.3 Å². The van der Waals surface area contributed by atoms with Crippen LogP contribution in [0.5, 0.6) is 5.75 Å². The predicted octanol–water partition coefficient (Wildman–Crippen LogP) is 2.66. The van der Waals surface area contributed by atoms with E-state index in [2.05, 4.69) is 15.6 Å². The number of amides is 2. The van der Waals surface area contributed by atoms with E-state index >= 15 is 0 Å². The normalized spacial score (nSPS) is 18.8. The van der Waals surface area contributed by atoms with Crippen LogP contribution in [0.3, 0.4) is 0 Å². The molecule has 1 N–H and O–H groups in total. The van der Waals surface area contributed by atoms with Crippen LogP contribution in [0.4, 0.5) is 0 Å². The number of rotatable bonds is 7. The molecule has 1 unspecified atom stereocenters. The molecule has 3 heterocycles. The van der Waals surface area contributed by atoms with Crippen LogP contribution in [0.2, 0.25) is 0 Å². The van der Waals surface area contributed by atoms with Crippen LogP contribution in [0.25, 0.3) is 0 Å². The number of likely N-dealkylation sites (tertiary alicyclic amines) is 1. The summed E-state index contributed by atoms with van der Waals surface area (Å²) in [7, 11) is 1.65. The fourth-order valence-corrected chi connectivity index (χ4v) is 5.00. The van der Waals surface area contributed by atoms with E-state index < -0.39 is 5.60 Å². The van der Waals surface area contributed by atoms with Crippen LogP contribution >= 0.6 is 0 Å². The molecule has 1 spiro atoms. The maximum atomic E-state index is 12.9. The average molecular weight is 490 g/mol. The lowest BCUT2D eigenvalue weighted by molar-refractivity contribution is -0.133. The molecule has 0 radical (unpaired) electrons. The van der Waals surface area contributed by atoms with E-state index in [1.54, 1.807) is 13.2 Å². The maximum absolute atomic E-state index is 12.9. The molecular formula is C27H31N5O4. The van der Waals surface area contributed by atoms with Gasteiger partial charge in [-0.1, -0.05) is 41.1 Å². The number of para-hydroxylation sites is 1. The Balaban J connectivity index is 1.16. The van der Waals surface area contributed by atoms with Crippen molar-refractivity contribution in [1.29, 1.82) is 0 Å². The Morgan fingerprint density at radius 1 is 1.17 bits per heavy atom. The van der Waals surface area contributed by atoms with Gasteiger partial charge in [-0.25, -0.2) is 4.68 Å². The van der Waals surface area contributed by atoms with Crippen molar-refractivity contribution >= 4 is 11.8 Å². The molecule has 5 rings (SSSR count).